The molecule has 1 amide bonds. The van der Waals surface area contributed by atoms with Crippen LogP contribution in [0.15, 0.2) is 54.6 Å². The van der Waals surface area contributed by atoms with Gasteiger partial charge in [0.25, 0.3) is 0 Å². The van der Waals surface area contributed by atoms with E-state index < -0.39 is 24.1 Å². The number of hydrogen-bond donors (Lipinski definition) is 1. The number of ether oxygens (including phenoxy) is 2. The second kappa shape index (κ2) is 13.2. The van der Waals surface area contributed by atoms with Crippen molar-refractivity contribution in [3.05, 3.63) is 70.7 Å². The molecule has 0 aliphatic heterocycles. The summed E-state index contributed by atoms with van der Waals surface area (Å²) in [5.74, 6) is -1.74. The molecule has 1 atom stereocenters. The van der Waals surface area contributed by atoms with Crippen LogP contribution in [-0.4, -0.2) is 31.2 Å². The molecule has 2 aromatic carbocycles. The van der Waals surface area contributed by atoms with Gasteiger partial charge in [-0.3, -0.25) is 0 Å². The summed E-state index contributed by atoms with van der Waals surface area (Å²) in [6.45, 7) is -0.246. The summed E-state index contributed by atoms with van der Waals surface area (Å²) in [6.07, 6.45) is -0.862. The van der Waals surface area contributed by atoms with Gasteiger partial charge >= 0.3 is 41.6 Å². The van der Waals surface area contributed by atoms with Crippen LogP contribution in [0.4, 0.5) is 4.79 Å². The average Bonchev–Trinajstić information content (AvgIpc) is 2.69. The molecule has 29 heavy (non-hydrogen) atoms. The predicted molar refractivity (Wildman–Crippen MR) is 99.6 cm³/mol. The van der Waals surface area contributed by atoms with Crippen LogP contribution in [0.5, 0.6) is 0 Å². The smallest absolute Gasteiger partial charge is 0.550 e. The molecule has 1 N–H and O–H groups in total. The van der Waals surface area contributed by atoms with Crippen molar-refractivity contribution in [2.24, 2.45) is 0 Å². The first-order valence-corrected chi connectivity index (χ1v) is 8.94. The zero-order valence-corrected chi connectivity index (χ0v) is 18.7. The number of hydrogen-bond acceptors (Lipinski definition) is 6. The molecule has 0 aliphatic rings. The van der Waals surface area contributed by atoms with E-state index in [0.29, 0.717) is 16.1 Å². The molecule has 9 heteroatoms. The minimum Gasteiger partial charge on any atom is -0.550 e. The topological polar surface area (TPSA) is 105 Å². The maximum absolute atomic E-state index is 12.0. The average molecular weight is 428 g/mol. The van der Waals surface area contributed by atoms with Gasteiger partial charge in [-0.2, -0.15) is 0 Å². The van der Waals surface area contributed by atoms with Crippen molar-refractivity contribution >= 4 is 29.6 Å². The minimum absolute atomic E-state index is 0. The second-order valence-corrected chi connectivity index (χ2v) is 6.23. The van der Waals surface area contributed by atoms with Gasteiger partial charge in [0.15, 0.2) is 0 Å². The summed E-state index contributed by atoms with van der Waals surface area (Å²) in [5, 5.41) is 13.9. The predicted octanol–water partition coefficient (Wildman–Crippen LogP) is -0.502. The molecule has 2 aromatic rings. The van der Waals surface area contributed by atoms with Crippen LogP contribution < -0.4 is 40.0 Å². The first-order valence-electron chi connectivity index (χ1n) is 8.56. The van der Waals surface area contributed by atoms with Crippen LogP contribution in [0.1, 0.15) is 34.8 Å². The zero-order chi connectivity index (χ0) is 20.4. The Labute approximate surface area is 195 Å². The molecule has 0 fully saturated rings. The van der Waals surface area contributed by atoms with Crippen molar-refractivity contribution in [3.63, 3.8) is 0 Å². The number of halogens is 1. The Kier molecular flexibility index (Phi) is 11.4. The van der Waals surface area contributed by atoms with Gasteiger partial charge in [-0.05, 0) is 42.7 Å². The monoisotopic (exact) mass is 427 g/mol. The number of carboxylic acid groups (broad SMARTS) is 1. The Morgan fingerprint density at radius 2 is 1.59 bits per heavy atom. The molecule has 1 unspecified atom stereocenters. The van der Waals surface area contributed by atoms with Crippen molar-refractivity contribution in [2.75, 3.05) is 13.2 Å². The van der Waals surface area contributed by atoms with Crippen molar-refractivity contribution in [1.29, 1.82) is 0 Å². The number of aliphatic carboxylic acids is 1. The van der Waals surface area contributed by atoms with Crippen molar-refractivity contribution in [2.45, 2.75) is 18.9 Å². The maximum atomic E-state index is 12.0. The van der Waals surface area contributed by atoms with E-state index in [1.807, 2.05) is 0 Å². The van der Waals surface area contributed by atoms with Gasteiger partial charge in [0, 0.05) is 11.0 Å². The molecule has 0 bridgehead atoms. The van der Waals surface area contributed by atoms with E-state index in [0.717, 1.165) is 0 Å². The van der Waals surface area contributed by atoms with Gasteiger partial charge in [-0.15, -0.1) is 0 Å². The van der Waals surface area contributed by atoms with Gasteiger partial charge in [0.1, 0.15) is 13.2 Å². The Balaban J connectivity index is 0.00000420. The Morgan fingerprint density at radius 1 is 0.966 bits per heavy atom. The number of carbonyl (C=O) groups is 3. The normalized spacial score (nSPS) is 10.9. The summed E-state index contributed by atoms with van der Waals surface area (Å²) in [5.41, 5.74) is 1.08. The molecule has 0 saturated carbocycles. The molecule has 2 rings (SSSR count). The number of nitrogens with one attached hydrogen (secondary N) is 1. The quantitative estimate of drug-likeness (QED) is 0.328. The fraction of sp³-hybridized carbons (Fsp3) is 0.250. The van der Waals surface area contributed by atoms with E-state index in [4.69, 9.17) is 21.1 Å². The summed E-state index contributed by atoms with van der Waals surface area (Å²) < 4.78 is 10.0. The van der Waals surface area contributed by atoms with Crippen LogP contribution in [0.2, 0.25) is 5.02 Å². The molecule has 0 aromatic heterocycles. The summed E-state index contributed by atoms with van der Waals surface area (Å²) in [4.78, 5) is 34.5. The molecule has 148 valence electrons. The largest absolute Gasteiger partial charge is 1.00 e. The molecular formula is C20H19ClNNaO6. The summed E-state index contributed by atoms with van der Waals surface area (Å²) in [6, 6.07) is 14.5. The van der Waals surface area contributed by atoms with Gasteiger partial charge in [0.2, 0.25) is 0 Å². The molecule has 0 saturated heterocycles. The number of amides is 1. The Bertz CT molecular complexity index is 800. The van der Waals surface area contributed by atoms with Crippen LogP contribution in [0.25, 0.3) is 0 Å². The van der Waals surface area contributed by atoms with Gasteiger partial charge < -0.3 is 24.7 Å². The Morgan fingerprint density at radius 3 is 2.21 bits per heavy atom. The zero-order valence-electron chi connectivity index (χ0n) is 15.9. The summed E-state index contributed by atoms with van der Waals surface area (Å²) in [7, 11) is 0. The van der Waals surface area contributed by atoms with E-state index in [2.05, 4.69) is 5.32 Å². The first kappa shape index (κ1) is 25.0. The number of carbonyl (C=O) groups excluding carboxylic acids is 3. The number of carboxylic acids is 1. The van der Waals surface area contributed by atoms with Crippen LogP contribution in [-0.2, 0) is 14.3 Å². The molecule has 0 aliphatic carbocycles. The molecule has 7 nitrogen and oxygen atoms in total. The third kappa shape index (κ3) is 9.32. The second-order valence-electron chi connectivity index (χ2n) is 5.80. The van der Waals surface area contributed by atoms with E-state index in [9.17, 15) is 19.5 Å². The van der Waals surface area contributed by atoms with Crippen molar-refractivity contribution in [1.82, 2.24) is 5.32 Å². The summed E-state index contributed by atoms with van der Waals surface area (Å²) >= 11 is 5.85. The van der Waals surface area contributed by atoms with Gasteiger partial charge in [-0.1, -0.05) is 41.9 Å². The fourth-order valence-electron chi connectivity index (χ4n) is 2.39. The molecule has 0 spiro atoms. The fourth-order valence-corrected chi connectivity index (χ4v) is 2.52. The standard InChI is InChI=1S/C20H20ClNO6.Na/c21-16-8-6-14(7-9-16)17(10-11-18(23)24)22-20(26)28-13-12-27-19(25)15-4-2-1-3-5-15;/h1-9,17H,10-13H2,(H,22,26)(H,23,24);/q;+1/p-1. The van der Waals surface area contributed by atoms with Gasteiger partial charge in [0.05, 0.1) is 11.6 Å². The van der Waals surface area contributed by atoms with Crippen molar-refractivity contribution in [3.8, 4) is 0 Å². The third-order valence-corrected chi connectivity index (χ3v) is 4.01. The van der Waals surface area contributed by atoms with Crippen LogP contribution >= 0.6 is 11.6 Å². The minimum atomic E-state index is -1.22. The number of esters is 1. The number of alkyl carbamates (subject to hydrolysis) is 1. The third-order valence-electron chi connectivity index (χ3n) is 3.76. The van der Waals surface area contributed by atoms with Crippen LogP contribution in [0, 0.1) is 0 Å². The molecular weight excluding hydrogens is 409 g/mol. The first-order chi connectivity index (χ1) is 13.5. The van der Waals surface area contributed by atoms with E-state index >= 15 is 0 Å². The maximum Gasteiger partial charge on any atom is 1.00 e. The van der Waals surface area contributed by atoms with Crippen LogP contribution in [0.3, 0.4) is 0 Å². The molecule has 0 radical (unpaired) electrons. The van der Waals surface area contributed by atoms with E-state index in [1.165, 1.54) is 0 Å². The number of rotatable bonds is 9. The molecule has 0 heterocycles. The van der Waals surface area contributed by atoms with Crippen molar-refractivity contribution < 1.29 is 58.5 Å². The van der Waals surface area contributed by atoms with Gasteiger partial charge in [-0.25, -0.2) is 9.59 Å². The number of benzene rings is 2. The van der Waals surface area contributed by atoms with E-state index in [1.54, 1.807) is 54.6 Å². The SMILES string of the molecule is O=C([O-])CCC(NC(=O)OCCOC(=O)c1ccccc1)c1ccc(Cl)cc1.[Na+]. The van der Waals surface area contributed by atoms with E-state index in [-0.39, 0.29) is 55.6 Å². The Hall–Kier alpha value is -2.06.